The Bertz CT molecular complexity index is 578. The summed E-state index contributed by atoms with van der Waals surface area (Å²) < 4.78 is 43.3. The van der Waals surface area contributed by atoms with E-state index in [0.717, 1.165) is 18.7 Å². The van der Waals surface area contributed by atoms with E-state index in [4.69, 9.17) is 0 Å². The van der Waals surface area contributed by atoms with E-state index in [0.29, 0.717) is 5.96 Å². The maximum Gasteiger partial charge on any atom is 0.387 e. The first kappa shape index (κ1) is 18.8. The van der Waals surface area contributed by atoms with Gasteiger partial charge in [0.2, 0.25) is 0 Å². The summed E-state index contributed by atoms with van der Waals surface area (Å²) in [7, 11) is 1.61. The van der Waals surface area contributed by atoms with Crippen molar-refractivity contribution in [3.63, 3.8) is 0 Å². The number of benzene rings is 1. The van der Waals surface area contributed by atoms with E-state index in [1.165, 1.54) is 24.6 Å². The number of rotatable bonds is 6. The quantitative estimate of drug-likeness (QED) is 0.602. The number of guanidine groups is 1. The third-order valence-corrected chi connectivity index (χ3v) is 5.42. The van der Waals surface area contributed by atoms with Gasteiger partial charge < -0.3 is 15.4 Å². The Kier molecular flexibility index (Phi) is 6.65. The highest BCUT2D eigenvalue weighted by atomic mass is 32.2. The first-order valence-corrected chi connectivity index (χ1v) is 8.73. The molecule has 0 radical (unpaired) electrons. The molecule has 1 aromatic rings. The molecular formula is C16H22F3N3OS. The van der Waals surface area contributed by atoms with Gasteiger partial charge in [-0.1, -0.05) is 6.07 Å². The van der Waals surface area contributed by atoms with Gasteiger partial charge in [0.1, 0.15) is 11.6 Å². The number of hydrogen-bond acceptors (Lipinski definition) is 3. The number of thioether (sulfide) groups is 1. The molecule has 0 bridgehead atoms. The van der Waals surface area contributed by atoms with Crippen molar-refractivity contribution in [1.29, 1.82) is 0 Å². The number of ether oxygens (including phenoxy) is 1. The molecule has 4 nitrogen and oxygen atoms in total. The summed E-state index contributed by atoms with van der Waals surface area (Å²) in [6.45, 7) is -0.0776. The van der Waals surface area contributed by atoms with Crippen molar-refractivity contribution in [2.45, 2.75) is 37.7 Å². The molecule has 1 atom stereocenters. The molecule has 1 aliphatic rings. The summed E-state index contributed by atoms with van der Waals surface area (Å²) in [6, 6.07) is 3.86. The number of nitrogens with one attached hydrogen (secondary N) is 2. The molecule has 1 fully saturated rings. The van der Waals surface area contributed by atoms with E-state index >= 15 is 0 Å². The predicted molar refractivity (Wildman–Crippen MR) is 91.3 cm³/mol. The standard InChI is InChI=1S/C16H22F3N3OS/c1-16(7-4-8-24-16)10-22-15(20-2)21-9-11-12(17)5-3-6-13(11)23-14(18)19/h3,5-6,14H,4,7-10H2,1-2H3,(H2,20,21,22). The molecule has 24 heavy (non-hydrogen) atoms. The molecule has 1 aliphatic heterocycles. The highest BCUT2D eigenvalue weighted by Crippen LogP contribution is 2.36. The van der Waals surface area contributed by atoms with Crippen LogP contribution in [0.25, 0.3) is 0 Å². The Labute approximate surface area is 144 Å². The molecule has 1 saturated heterocycles. The molecule has 0 spiro atoms. The van der Waals surface area contributed by atoms with Gasteiger partial charge >= 0.3 is 6.61 Å². The van der Waals surface area contributed by atoms with Crippen LogP contribution in [-0.2, 0) is 6.54 Å². The zero-order chi connectivity index (χ0) is 17.6. The molecule has 2 rings (SSSR count). The van der Waals surface area contributed by atoms with Crippen LogP contribution in [0.1, 0.15) is 25.3 Å². The zero-order valence-electron chi connectivity index (χ0n) is 13.7. The fourth-order valence-corrected chi connectivity index (χ4v) is 3.80. The summed E-state index contributed by atoms with van der Waals surface area (Å²) in [6.07, 6.45) is 2.32. The first-order valence-electron chi connectivity index (χ1n) is 7.74. The number of aliphatic imine (C=N–C) groups is 1. The Morgan fingerprint density at radius 2 is 2.21 bits per heavy atom. The molecule has 2 N–H and O–H groups in total. The molecule has 0 aromatic heterocycles. The van der Waals surface area contributed by atoms with E-state index in [-0.39, 0.29) is 22.6 Å². The highest BCUT2D eigenvalue weighted by Gasteiger charge is 2.29. The monoisotopic (exact) mass is 361 g/mol. The highest BCUT2D eigenvalue weighted by molar-refractivity contribution is 8.00. The maximum absolute atomic E-state index is 13.9. The van der Waals surface area contributed by atoms with Crippen molar-refractivity contribution >= 4 is 17.7 Å². The van der Waals surface area contributed by atoms with Crippen molar-refractivity contribution in [2.24, 2.45) is 4.99 Å². The first-order chi connectivity index (χ1) is 11.4. The normalized spacial score (nSPS) is 21.2. The van der Waals surface area contributed by atoms with Gasteiger partial charge in [-0.3, -0.25) is 4.99 Å². The lowest BCUT2D eigenvalue weighted by molar-refractivity contribution is -0.0506. The van der Waals surface area contributed by atoms with E-state index < -0.39 is 12.4 Å². The summed E-state index contributed by atoms with van der Waals surface area (Å²) in [4.78, 5) is 4.09. The molecule has 0 amide bonds. The van der Waals surface area contributed by atoms with Crippen molar-refractivity contribution in [3.8, 4) is 5.75 Å². The van der Waals surface area contributed by atoms with Crippen LogP contribution in [0.5, 0.6) is 5.75 Å². The van der Waals surface area contributed by atoms with Gasteiger partial charge in [-0.15, -0.1) is 0 Å². The number of hydrogen-bond donors (Lipinski definition) is 2. The second-order valence-electron chi connectivity index (χ2n) is 5.78. The van der Waals surface area contributed by atoms with Gasteiger partial charge in [-0.25, -0.2) is 4.39 Å². The van der Waals surface area contributed by atoms with Crippen LogP contribution in [-0.4, -0.2) is 36.7 Å². The summed E-state index contributed by atoms with van der Waals surface area (Å²) in [5, 5.41) is 6.15. The van der Waals surface area contributed by atoms with Crippen LogP contribution in [0, 0.1) is 5.82 Å². The summed E-state index contributed by atoms with van der Waals surface area (Å²) in [5.41, 5.74) is 0.0437. The SMILES string of the molecule is CN=C(NCc1c(F)cccc1OC(F)F)NCC1(C)CCCS1. The van der Waals surface area contributed by atoms with Crippen LogP contribution in [0.15, 0.2) is 23.2 Å². The van der Waals surface area contributed by atoms with Gasteiger partial charge in [0, 0.05) is 30.4 Å². The van der Waals surface area contributed by atoms with Gasteiger partial charge in [-0.2, -0.15) is 20.5 Å². The van der Waals surface area contributed by atoms with Crippen molar-refractivity contribution < 1.29 is 17.9 Å². The molecule has 0 saturated carbocycles. The average molecular weight is 361 g/mol. The lowest BCUT2D eigenvalue weighted by Gasteiger charge is -2.24. The minimum Gasteiger partial charge on any atom is -0.434 e. The van der Waals surface area contributed by atoms with Crippen molar-refractivity contribution in [3.05, 3.63) is 29.6 Å². The molecular weight excluding hydrogens is 339 g/mol. The molecule has 1 heterocycles. The molecule has 1 aromatic carbocycles. The Balaban J connectivity index is 1.95. The lowest BCUT2D eigenvalue weighted by Crippen LogP contribution is -2.43. The second kappa shape index (κ2) is 8.50. The Hall–Kier alpha value is -1.57. The topological polar surface area (TPSA) is 45.7 Å². The number of nitrogens with zero attached hydrogens (tertiary/aromatic N) is 1. The van der Waals surface area contributed by atoms with Gasteiger partial charge in [0.15, 0.2) is 5.96 Å². The summed E-state index contributed by atoms with van der Waals surface area (Å²) >= 11 is 1.91. The zero-order valence-corrected chi connectivity index (χ0v) is 14.6. The third kappa shape index (κ3) is 5.22. The fraction of sp³-hybridized carbons (Fsp3) is 0.562. The lowest BCUT2D eigenvalue weighted by atomic mass is 10.1. The van der Waals surface area contributed by atoms with Crippen LogP contribution in [0.4, 0.5) is 13.2 Å². The number of halogens is 3. The van der Waals surface area contributed by atoms with E-state index in [1.807, 2.05) is 11.8 Å². The van der Waals surface area contributed by atoms with Crippen LogP contribution < -0.4 is 15.4 Å². The van der Waals surface area contributed by atoms with E-state index in [2.05, 4.69) is 27.3 Å². The molecule has 1 unspecified atom stereocenters. The molecule has 0 aliphatic carbocycles. The van der Waals surface area contributed by atoms with Crippen molar-refractivity contribution in [1.82, 2.24) is 10.6 Å². The Morgan fingerprint density at radius 3 is 2.83 bits per heavy atom. The minimum absolute atomic E-state index is 0.00173. The van der Waals surface area contributed by atoms with Gasteiger partial charge in [0.05, 0.1) is 0 Å². The van der Waals surface area contributed by atoms with Gasteiger partial charge in [-0.05, 0) is 37.7 Å². The smallest absolute Gasteiger partial charge is 0.387 e. The summed E-state index contributed by atoms with van der Waals surface area (Å²) in [5.74, 6) is 0.865. The predicted octanol–water partition coefficient (Wildman–Crippen LogP) is 3.38. The van der Waals surface area contributed by atoms with E-state index in [1.54, 1.807) is 7.05 Å². The maximum atomic E-state index is 13.9. The fourth-order valence-electron chi connectivity index (χ4n) is 2.56. The van der Waals surface area contributed by atoms with E-state index in [9.17, 15) is 13.2 Å². The molecule has 134 valence electrons. The minimum atomic E-state index is -3.00. The van der Waals surface area contributed by atoms with Gasteiger partial charge in [0.25, 0.3) is 0 Å². The second-order valence-corrected chi connectivity index (χ2v) is 7.46. The van der Waals surface area contributed by atoms with Crippen molar-refractivity contribution in [2.75, 3.05) is 19.3 Å². The van der Waals surface area contributed by atoms with Crippen LogP contribution >= 0.6 is 11.8 Å². The van der Waals surface area contributed by atoms with Crippen LogP contribution in [0.3, 0.4) is 0 Å². The van der Waals surface area contributed by atoms with Crippen LogP contribution in [0.2, 0.25) is 0 Å². The number of alkyl halides is 2. The molecule has 8 heteroatoms. The Morgan fingerprint density at radius 1 is 1.42 bits per heavy atom. The largest absolute Gasteiger partial charge is 0.434 e. The average Bonchev–Trinajstić information content (AvgIpc) is 2.96. The third-order valence-electron chi connectivity index (χ3n) is 3.88.